The molecule has 0 saturated heterocycles. The van der Waals surface area contributed by atoms with Crippen LogP contribution in [0.2, 0.25) is 18.1 Å². The molecule has 0 aromatic heterocycles. The maximum absolute atomic E-state index is 12.0. The lowest BCUT2D eigenvalue weighted by atomic mass is 10.1. The highest BCUT2D eigenvalue weighted by Gasteiger charge is 2.37. The van der Waals surface area contributed by atoms with E-state index < -0.39 is 8.32 Å². The van der Waals surface area contributed by atoms with Gasteiger partial charge < -0.3 is 14.3 Å². The lowest BCUT2D eigenvalue weighted by molar-refractivity contribution is -0.150. The molecule has 25 heavy (non-hydrogen) atoms. The molecular formula is C20H34O4Si. The molecule has 0 aliphatic heterocycles. The van der Waals surface area contributed by atoms with Crippen LogP contribution >= 0.6 is 0 Å². The Hall–Kier alpha value is -1.35. The first-order valence-corrected chi connectivity index (χ1v) is 11.6. The van der Waals surface area contributed by atoms with Crippen LogP contribution in [0, 0.1) is 11.8 Å². The quantitative estimate of drug-likeness (QED) is 0.272. The fourth-order valence-corrected chi connectivity index (χ4v) is 2.80. The fraction of sp³-hybridized carbons (Fsp3) is 0.650. The number of rotatable bonds is 10. The van der Waals surface area contributed by atoms with Gasteiger partial charge in [-0.15, -0.1) is 11.8 Å². The zero-order valence-electron chi connectivity index (χ0n) is 16.6. The minimum Gasteiger partial charge on any atom is -0.460 e. The average Bonchev–Trinajstić information content (AvgIpc) is 2.49. The summed E-state index contributed by atoms with van der Waals surface area (Å²) in [5.74, 6) is 5.36. The first-order chi connectivity index (χ1) is 11.5. The summed E-state index contributed by atoms with van der Waals surface area (Å²) < 4.78 is 11.8. The van der Waals surface area contributed by atoms with E-state index in [-0.39, 0.29) is 30.1 Å². The molecule has 0 saturated carbocycles. The standard InChI is InChI=1S/C20H34O4Si/c1-8-9-10-13-19(22)24-18(15-17(2)12-11-14-21)16-23-25(6,7)20(3,4)5/h11-12,18,21H,2,10,13-16H2,1,3-7H3/b12-11+/t18-/m0/s1. The molecule has 1 atom stereocenters. The van der Waals surface area contributed by atoms with E-state index in [0.29, 0.717) is 19.4 Å². The van der Waals surface area contributed by atoms with E-state index in [2.05, 4.69) is 52.3 Å². The van der Waals surface area contributed by atoms with E-state index in [1.54, 1.807) is 19.1 Å². The molecular weight excluding hydrogens is 332 g/mol. The molecule has 0 aliphatic rings. The summed E-state index contributed by atoms with van der Waals surface area (Å²) >= 11 is 0. The Morgan fingerprint density at radius 3 is 2.52 bits per heavy atom. The molecule has 0 heterocycles. The van der Waals surface area contributed by atoms with Crippen molar-refractivity contribution in [3.63, 3.8) is 0 Å². The fourth-order valence-electron chi connectivity index (χ4n) is 1.77. The average molecular weight is 367 g/mol. The van der Waals surface area contributed by atoms with Gasteiger partial charge in [0.2, 0.25) is 0 Å². The highest BCUT2D eigenvalue weighted by atomic mass is 28.4. The summed E-state index contributed by atoms with van der Waals surface area (Å²) in [5, 5.41) is 8.96. The lowest BCUT2D eigenvalue weighted by Gasteiger charge is -2.37. The number of carbonyl (C=O) groups is 1. The molecule has 4 nitrogen and oxygen atoms in total. The molecule has 0 bridgehead atoms. The molecule has 0 aromatic carbocycles. The van der Waals surface area contributed by atoms with Crippen LogP contribution in [0.25, 0.3) is 0 Å². The van der Waals surface area contributed by atoms with E-state index in [4.69, 9.17) is 14.3 Å². The van der Waals surface area contributed by atoms with Gasteiger partial charge >= 0.3 is 5.97 Å². The molecule has 0 rings (SSSR count). The second kappa shape index (κ2) is 11.3. The Morgan fingerprint density at radius 2 is 2.00 bits per heavy atom. The molecule has 0 radical (unpaired) electrons. The Balaban J connectivity index is 4.87. The Bertz CT molecular complexity index is 518. The monoisotopic (exact) mass is 366 g/mol. The van der Waals surface area contributed by atoms with E-state index in [1.807, 2.05) is 0 Å². The zero-order chi connectivity index (χ0) is 19.5. The van der Waals surface area contributed by atoms with Crippen molar-refractivity contribution < 1.29 is 19.1 Å². The van der Waals surface area contributed by atoms with Gasteiger partial charge in [-0.2, -0.15) is 0 Å². The Kier molecular flexibility index (Phi) is 10.7. The summed E-state index contributed by atoms with van der Waals surface area (Å²) in [6, 6.07) is 0. The van der Waals surface area contributed by atoms with Crippen LogP contribution in [-0.4, -0.2) is 38.7 Å². The van der Waals surface area contributed by atoms with Gasteiger partial charge in [0, 0.05) is 12.8 Å². The van der Waals surface area contributed by atoms with Crippen molar-refractivity contribution >= 4 is 14.3 Å². The number of esters is 1. The van der Waals surface area contributed by atoms with Gasteiger partial charge in [-0.05, 0) is 25.1 Å². The van der Waals surface area contributed by atoms with Crippen LogP contribution in [0.15, 0.2) is 24.3 Å². The van der Waals surface area contributed by atoms with Crippen molar-refractivity contribution in [2.24, 2.45) is 0 Å². The summed E-state index contributed by atoms with van der Waals surface area (Å²) in [6.07, 6.45) is 4.23. The summed E-state index contributed by atoms with van der Waals surface area (Å²) in [4.78, 5) is 12.0. The first kappa shape index (κ1) is 23.6. The number of ether oxygens (including phenoxy) is 1. The van der Waals surface area contributed by atoms with Crippen molar-refractivity contribution in [3.05, 3.63) is 24.3 Å². The SMILES string of the molecule is C=C(/C=C/CO)C[C@@H](CO[Si](C)(C)C(C)(C)C)OC(=O)CCC#CC. The Morgan fingerprint density at radius 1 is 1.36 bits per heavy atom. The molecule has 0 spiro atoms. The van der Waals surface area contributed by atoms with Crippen LogP contribution < -0.4 is 0 Å². The number of hydrogen-bond acceptors (Lipinski definition) is 4. The van der Waals surface area contributed by atoms with Crippen molar-refractivity contribution in [2.45, 2.75) is 71.2 Å². The van der Waals surface area contributed by atoms with Gasteiger partial charge in [0.05, 0.1) is 19.6 Å². The lowest BCUT2D eigenvalue weighted by Crippen LogP contribution is -2.43. The van der Waals surface area contributed by atoms with Crippen LogP contribution in [-0.2, 0) is 14.0 Å². The van der Waals surface area contributed by atoms with E-state index in [9.17, 15) is 4.79 Å². The predicted octanol–water partition coefficient (Wildman–Crippen LogP) is 4.22. The highest BCUT2D eigenvalue weighted by molar-refractivity contribution is 6.74. The molecule has 0 amide bonds. The third kappa shape index (κ3) is 10.3. The molecule has 1 N–H and O–H groups in total. The highest BCUT2D eigenvalue weighted by Crippen LogP contribution is 2.36. The number of allylic oxidation sites excluding steroid dienone is 1. The number of aliphatic hydroxyl groups is 1. The normalized spacial score (nSPS) is 13.2. The molecule has 5 heteroatoms. The number of hydrogen-bond donors (Lipinski definition) is 1. The van der Waals surface area contributed by atoms with Crippen LogP contribution in [0.3, 0.4) is 0 Å². The third-order valence-electron chi connectivity index (χ3n) is 4.31. The van der Waals surface area contributed by atoms with Crippen molar-refractivity contribution in [1.29, 1.82) is 0 Å². The summed E-state index contributed by atoms with van der Waals surface area (Å²) in [6.45, 7) is 16.9. The number of carbonyl (C=O) groups excluding carboxylic acids is 1. The van der Waals surface area contributed by atoms with Crippen molar-refractivity contribution in [1.82, 2.24) is 0 Å². The summed E-state index contributed by atoms with van der Waals surface area (Å²) in [7, 11) is -1.93. The number of aliphatic hydroxyl groups excluding tert-OH is 1. The van der Waals surface area contributed by atoms with E-state index in [0.717, 1.165) is 5.57 Å². The van der Waals surface area contributed by atoms with Gasteiger partial charge in [-0.25, -0.2) is 0 Å². The van der Waals surface area contributed by atoms with Gasteiger partial charge in [0.25, 0.3) is 0 Å². The zero-order valence-corrected chi connectivity index (χ0v) is 17.6. The third-order valence-corrected chi connectivity index (χ3v) is 8.81. The maximum atomic E-state index is 12.0. The van der Waals surface area contributed by atoms with Gasteiger partial charge in [-0.3, -0.25) is 4.79 Å². The molecule has 0 fully saturated rings. The predicted molar refractivity (Wildman–Crippen MR) is 106 cm³/mol. The Labute approximate surface area is 154 Å². The van der Waals surface area contributed by atoms with Crippen molar-refractivity contribution in [3.8, 4) is 11.8 Å². The molecule has 0 unspecified atom stereocenters. The summed E-state index contributed by atoms with van der Waals surface area (Å²) in [5.41, 5.74) is 0.791. The van der Waals surface area contributed by atoms with Gasteiger partial charge in [0.1, 0.15) is 6.10 Å². The minimum absolute atomic E-state index is 0.0420. The molecule has 0 aliphatic carbocycles. The van der Waals surface area contributed by atoms with Gasteiger partial charge in [0.15, 0.2) is 8.32 Å². The first-order valence-electron chi connectivity index (χ1n) is 8.71. The maximum Gasteiger partial charge on any atom is 0.307 e. The second-order valence-corrected chi connectivity index (χ2v) is 12.4. The molecule has 0 aromatic rings. The van der Waals surface area contributed by atoms with E-state index in [1.165, 1.54) is 0 Å². The van der Waals surface area contributed by atoms with Gasteiger partial charge in [-0.1, -0.05) is 45.1 Å². The molecule has 142 valence electrons. The smallest absolute Gasteiger partial charge is 0.307 e. The van der Waals surface area contributed by atoms with Crippen molar-refractivity contribution in [2.75, 3.05) is 13.2 Å². The minimum atomic E-state index is -1.93. The van der Waals surface area contributed by atoms with Crippen LogP contribution in [0.5, 0.6) is 0 Å². The second-order valence-electron chi connectivity index (χ2n) is 7.56. The van der Waals surface area contributed by atoms with E-state index >= 15 is 0 Å². The largest absolute Gasteiger partial charge is 0.460 e. The topological polar surface area (TPSA) is 55.8 Å². The van der Waals surface area contributed by atoms with Crippen LogP contribution in [0.4, 0.5) is 0 Å². The van der Waals surface area contributed by atoms with Crippen LogP contribution in [0.1, 0.15) is 47.0 Å².